The second kappa shape index (κ2) is 9.43. The molecule has 6 heteroatoms. The summed E-state index contributed by atoms with van der Waals surface area (Å²) in [6.07, 6.45) is 2.78. The van der Waals surface area contributed by atoms with E-state index in [9.17, 15) is 14.4 Å². The van der Waals surface area contributed by atoms with Crippen LogP contribution in [0.25, 0.3) is 0 Å². The van der Waals surface area contributed by atoms with Gasteiger partial charge in [-0.05, 0) is 19.3 Å². The molecule has 0 radical (unpaired) electrons. The third-order valence-electron chi connectivity index (χ3n) is 4.27. The zero-order valence-electron chi connectivity index (χ0n) is 14.0. The lowest BCUT2D eigenvalue weighted by Gasteiger charge is -2.25. The fourth-order valence-electron chi connectivity index (χ4n) is 2.75. The van der Waals surface area contributed by atoms with Crippen LogP contribution in [0.5, 0.6) is 0 Å². The molecule has 0 aromatic carbocycles. The van der Waals surface area contributed by atoms with E-state index in [1.54, 1.807) is 4.90 Å². The first-order valence-electron chi connectivity index (χ1n) is 8.16. The molecule has 0 bridgehead atoms. The van der Waals surface area contributed by atoms with Gasteiger partial charge in [0.1, 0.15) is 0 Å². The number of hydrogen-bond donors (Lipinski definition) is 0. The van der Waals surface area contributed by atoms with Crippen LogP contribution in [0, 0.1) is 5.92 Å². The highest BCUT2D eigenvalue weighted by atomic mass is 16.5. The van der Waals surface area contributed by atoms with Crippen LogP contribution in [-0.2, 0) is 19.1 Å². The van der Waals surface area contributed by atoms with E-state index in [1.165, 1.54) is 7.11 Å². The molecule has 0 atom stereocenters. The van der Waals surface area contributed by atoms with Gasteiger partial charge in [0.25, 0.3) is 0 Å². The van der Waals surface area contributed by atoms with Gasteiger partial charge in [0.15, 0.2) is 0 Å². The predicted molar refractivity (Wildman–Crippen MR) is 83.1 cm³/mol. The molecule has 1 saturated heterocycles. The van der Waals surface area contributed by atoms with Gasteiger partial charge in [0, 0.05) is 38.5 Å². The number of nitrogens with zero attached hydrogens (tertiary/aromatic N) is 2. The Morgan fingerprint density at radius 1 is 0.955 bits per heavy atom. The highest BCUT2D eigenvalue weighted by Gasteiger charge is 2.25. The van der Waals surface area contributed by atoms with Gasteiger partial charge < -0.3 is 14.5 Å². The number of hydrogen-bond acceptors (Lipinski definition) is 4. The van der Waals surface area contributed by atoms with Crippen molar-refractivity contribution in [3.8, 4) is 0 Å². The number of carbonyl (C=O) groups excluding carboxylic acids is 3. The summed E-state index contributed by atoms with van der Waals surface area (Å²) in [5.74, 6) is -0.119. The minimum absolute atomic E-state index is 0.0396. The maximum absolute atomic E-state index is 12.4. The molecule has 2 amide bonds. The SMILES string of the molecule is CCC(CC)C(=O)N1CCCN(C(=O)CCC(=O)OC)CC1. The quantitative estimate of drug-likeness (QED) is 0.696. The van der Waals surface area contributed by atoms with Gasteiger partial charge in [-0.25, -0.2) is 0 Å². The zero-order chi connectivity index (χ0) is 16.5. The lowest BCUT2D eigenvalue weighted by molar-refractivity contribution is -0.143. The maximum Gasteiger partial charge on any atom is 0.306 e. The Kier molecular flexibility index (Phi) is 7.91. The Hall–Kier alpha value is -1.59. The number of ether oxygens (including phenoxy) is 1. The van der Waals surface area contributed by atoms with E-state index in [-0.39, 0.29) is 36.5 Å². The second-order valence-corrected chi connectivity index (χ2v) is 5.65. The van der Waals surface area contributed by atoms with Gasteiger partial charge in [-0.15, -0.1) is 0 Å². The molecule has 0 unspecified atom stereocenters. The molecule has 1 rings (SSSR count). The first-order valence-corrected chi connectivity index (χ1v) is 8.16. The van der Waals surface area contributed by atoms with E-state index >= 15 is 0 Å². The van der Waals surface area contributed by atoms with E-state index in [1.807, 2.05) is 18.7 Å². The van der Waals surface area contributed by atoms with Gasteiger partial charge in [0.2, 0.25) is 11.8 Å². The van der Waals surface area contributed by atoms with Crippen LogP contribution in [0.3, 0.4) is 0 Å². The molecule has 6 nitrogen and oxygen atoms in total. The molecule has 1 heterocycles. The largest absolute Gasteiger partial charge is 0.469 e. The van der Waals surface area contributed by atoms with Crippen LogP contribution in [0.1, 0.15) is 46.0 Å². The first-order chi connectivity index (χ1) is 10.5. The number of methoxy groups -OCH3 is 1. The molecule has 1 aliphatic rings. The van der Waals surface area contributed by atoms with Gasteiger partial charge >= 0.3 is 5.97 Å². The summed E-state index contributed by atoms with van der Waals surface area (Å²) in [5, 5.41) is 0. The Morgan fingerprint density at radius 2 is 1.55 bits per heavy atom. The van der Waals surface area contributed by atoms with Crippen molar-refractivity contribution in [2.45, 2.75) is 46.0 Å². The van der Waals surface area contributed by atoms with Crippen molar-refractivity contribution in [3.63, 3.8) is 0 Å². The number of amides is 2. The summed E-state index contributed by atoms with van der Waals surface area (Å²) in [6.45, 7) is 6.55. The van der Waals surface area contributed by atoms with Crippen LogP contribution < -0.4 is 0 Å². The van der Waals surface area contributed by atoms with Crippen molar-refractivity contribution in [1.29, 1.82) is 0 Å². The van der Waals surface area contributed by atoms with Crippen molar-refractivity contribution in [2.24, 2.45) is 5.92 Å². The lowest BCUT2D eigenvalue weighted by Crippen LogP contribution is -2.39. The van der Waals surface area contributed by atoms with Crippen molar-refractivity contribution >= 4 is 17.8 Å². The molecule has 0 aromatic heterocycles. The van der Waals surface area contributed by atoms with Gasteiger partial charge in [-0.1, -0.05) is 13.8 Å². The third-order valence-corrected chi connectivity index (χ3v) is 4.27. The average molecular weight is 312 g/mol. The second-order valence-electron chi connectivity index (χ2n) is 5.65. The van der Waals surface area contributed by atoms with Crippen molar-refractivity contribution in [3.05, 3.63) is 0 Å². The van der Waals surface area contributed by atoms with E-state index in [4.69, 9.17) is 0 Å². The molecule has 0 spiro atoms. The van der Waals surface area contributed by atoms with Gasteiger partial charge in [-0.3, -0.25) is 14.4 Å². The zero-order valence-corrected chi connectivity index (χ0v) is 14.0. The molecule has 0 N–H and O–H groups in total. The summed E-state index contributed by atoms with van der Waals surface area (Å²) in [7, 11) is 1.32. The Morgan fingerprint density at radius 3 is 2.14 bits per heavy atom. The molecular formula is C16H28N2O4. The predicted octanol–water partition coefficient (Wildman–Crippen LogP) is 1.44. The van der Waals surface area contributed by atoms with Crippen LogP contribution in [0.4, 0.5) is 0 Å². The molecule has 22 heavy (non-hydrogen) atoms. The first kappa shape index (κ1) is 18.5. The molecule has 1 fully saturated rings. The molecule has 0 aromatic rings. The van der Waals surface area contributed by atoms with Crippen LogP contribution in [0.2, 0.25) is 0 Å². The smallest absolute Gasteiger partial charge is 0.306 e. The summed E-state index contributed by atoms with van der Waals surface area (Å²) in [4.78, 5) is 39.3. The highest BCUT2D eigenvalue weighted by Crippen LogP contribution is 2.14. The van der Waals surface area contributed by atoms with E-state index in [2.05, 4.69) is 4.74 Å². The third kappa shape index (κ3) is 5.31. The van der Waals surface area contributed by atoms with Crippen molar-refractivity contribution in [1.82, 2.24) is 9.80 Å². The Labute approximate surface area is 132 Å². The van der Waals surface area contributed by atoms with Crippen LogP contribution in [-0.4, -0.2) is 60.9 Å². The van der Waals surface area contributed by atoms with Gasteiger partial charge in [-0.2, -0.15) is 0 Å². The highest BCUT2D eigenvalue weighted by molar-refractivity contribution is 5.82. The molecule has 126 valence electrons. The summed E-state index contributed by atoms with van der Waals surface area (Å²) >= 11 is 0. The minimum Gasteiger partial charge on any atom is -0.469 e. The molecule has 0 aliphatic carbocycles. The number of rotatable bonds is 6. The molecule has 1 aliphatic heterocycles. The van der Waals surface area contributed by atoms with E-state index in [0.29, 0.717) is 26.2 Å². The topological polar surface area (TPSA) is 66.9 Å². The van der Waals surface area contributed by atoms with Crippen LogP contribution in [0.15, 0.2) is 0 Å². The normalized spacial score (nSPS) is 15.6. The van der Waals surface area contributed by atoms with Crippen molar-refractivity contribution < 1.29 is 19.1 Å². The minimum atomic E-state index is -0.367. The molecule has 0 saturated carbocycles. The number of esters is 1. The van der Waals surface area contributed by atoms with Gasteiger partial charge in [0.05, 0.1) is 13.5 Å². The lowest BCUT2D eigenvalue weighted by atomic mass is 10.0. The van der Waals surface area contributed by atoms with E-state index in [0.717, 1.165) is 19.3 Å². The standard InChI is InChI=1S/C16H28N2O4/c1-4-13(5-2)16(21)18-10-6-9-17(11-12-18)14(19)7-8-15(20)22-3/h13H,4-12H2,1-3H3. The summed E-state index contributed by atoms with van der Waals surface area (Å²) in [6, 6.07) is 0. The Bertz CT molecular complexity index is 394. The fraction of sp³-hybridized carbons (Fsp3) is 0.812. The van der Waals surface area contributed by atoms with Crippen LogP contribution >= 0.6 is 0 Å². The average Bonchev–Trinajstić information content (AvgIpc) is 2.79. The fourth-order valence-corrected chi connectivity index (χ4v) is 2.75. The molecular weight excluding hydrogens is 284 g/mol. The van der Waals surface area contributed by atoms with Crippen molar-refractivity contribution in [2.75, 3.05) is 33.3 Å². The summed E-state index contributed by atoms with van der Waals surface area (Å²) < 4.78 is 4.55. The summed E-state index contributed by atoms with van der Waals surface area (Å²) in [5.41, 5.74) is 0. The monoisotopic (exact) mass is 312 g/mol. The van der Waals surface area contributed by atoms with E-state index < -0.39 is 0 Å². The Balaban J connectivity index is 2.49. The maximum atomic E-state index is 12.4. The number of carbonyl (C=O) groups is 3.